The second-order valence-corrected chi connectivity index (χ2v) is 20.1. The molecule has 0 aliphatic heterocycles. The maximum absolute atomic E-state index is 12.0. The van der Waals surface area contributed by atoms with Gasteiger partial charge in [-0.05, 0) is 153 Å². The number of rotatable bonds is 8. The molecule has 0 saturated heterocycles. The number of aryl methyl sites for hydroxylation is 3. The Morgan fingerprint density at radius 1 is 0.561 bits per heavy atom. The zero-order valence-corrected chi connectivity index (χ0v) is 39.8. The van der Waals surface area contributed by atoms with Crippen molar-refractivity contribution >= 4 is 11.0 Å². The van der Waals surface area contributed by atoms with Gasteiger partial charge in [0.25, 0.3) is 0 Å². The van der Waals surface area contributed by atoms with Crippen molar-refractivity contribution in [1.29, 1.82) is 0 Å². The predicted molar refractivity (Wildman–Crippen MR) is 279 cm³/mol. The van der Waals surface area contributed by atoms with Crippen molar-refractivity contribution in [1.82, 2.24) is 14.5 Å². The highest BCUT2D eigenvalue weighted by Gasteiger charge is 2.26. The molecule has 2 heterocycles. The number of nitrogens with zero attached hydrogens (tertiary/aromatic N) is 3. The van der Waals surface area contributed by atoms with Gasteiger partial charge < -0.3 is 5.11 Å². The lowest BCUT2D eigenvalue weighted by Crippen LogP contribution is -2.11. The summed E-state index contributed by atoms with van der Waals surface area (Å²) >= 11 is 0. The smallest absolute Gasteiger partial charge is 0.149 e. The Morgan fingerprint density at radius 2 is 1.24 bits per heavy atom. The summed E-state index contributed by atoms with van der Waals surface area (Å²) in [4.78, 5) is 10.5. The minimum absolute atomic E-state index is 0.0813. The van der Waals surface area contributed by atoms with Crippen molar-refractivity contribution in [2.24, 2.45) is 0 Å². The van der Waals surface area contributed by atoms with Gasteiger partial charge >= 0.3 is 0 Å². The molecule has 330 valence electrons. The van der Waals surface area contributed by atoms with Crippen LogP contribution in [0.3, 0.4) is 0 Å². The van der Waals surface area contributed by atoms with E-state index in [1.165, 1.54) is 5.56 Å². The Kier molecular flexibility index (Phi) is 10.2. The van der Waals surface area contributed by atoms with Crippen LogP contribution in [0.2, 0.25) is 0 Å². The third kappa shape index (κ3) is 8.49. The molecule has 0 spiro atoms. The number of para-hydroxylation sites is 1. The summed E-state index contributed by atoms with van der Waals surface area (Å²) in [5, 5.41) is 12.0. The van der Waals surface area contributed by atoms with Crippen LogP contribution in [-0.2, 0) is 10.8 Å². The van der Waals surface area contributed by atoms with E-state index in [4.69, 9.17) is 15.5 Å². The van der Waals surface area contributed by atoms with E-state index in [9.17, 15) is 5.11 Å². The molecular formula is C62H61N3O. The molecule has 9 aromatic rings. The first-order valence-electron chi connectivity index (χ1n) is 24.9. The van der Waals surface area contributed by atoms with E-state index in [2.05, 4.69) is 113 Å². The van der Waals surface area contributed by atoms with Gasteiger partial charge in [-0.3, -0.25) is 9.55 Å². The quantitative estimate of drug-likeness (QED) is 0.166. The second kappa shape index (κ2) is 17.1. The number of aromatic nitrogens is 3. The standard InChI is InChI=1S/C62H61N3O/c1-38(2)42-20-22-43(23-21-42)46-28-29-63-55(36-46)48-33-47(34-50(35-48)62(9,10)11)51-18-15-19-56-58(51)64-60(54-31-39(3)30-41(5)59(54)66)65(56)57-32-40(4)52(44-16-13-12-14-17-44)37-53(57)45-24-26-49(27-25-45)61(6,7)8/h12-38,66H,1-11H3/i4D3,38D. The first-order valence-corrected chi connectivity index (χ1v) is 22.9. The topological polar surface area (TPSA) is 50.9 Å². The maximum atomic E-state index is 12.0. The molecule has 0 amide bonds. The van der Waals surface area contributed by atoms with Gasteiger partial charge in [-0.2, -0.15) is 0 Å². The number of hydrogen-bond acceptors (Lipinski definition) is 3. The average Bonchev–Trinajstić information content (AvgIpc) is 3.71. The number of fused-ring (bicyclic) bond motifs is 1. The Labute approximate surface area is 397 Å². The average molecular weight is 868 g/mol. The van der Waals surface area contributed by atoms with Crippen LogP contribution in [0.4, 0.5) is 0 Å². The highest BCUT2D eigenvalue weighted by molar-refractivity contribution is 5.98. The first kappa shape index (κ1) is 39.3. The second-order valence-electron chi connectivity index (χ2n) is 20.1. The number of phenols is 1. The number of aromatic hydroxyl groups is 1. The highest BCUT2D eigenvalue weighted by Crippen LogP contribution is 2.44. The van der Waals surface area contributed by atoms with Crippen LogP contribution in [0.1, 0.15) is 100 Å². The lowest BCUT2D eigenvalue weighted by molar-refractivity contribution is 0.472. The maximum Gasteiger partial charge on any atom is 0.149 e. The molecule has 0 unspecified atom stereocenters. The van der Waals surface area contributed by atoms with Gasteiger partial charge in [0.1, 0.15) is 11.6 Å². The summed E-state index contributed by atoms with van der Waals surface area (Å²) in [5.74, 6) is -0.0961. The summed E-state index contributed by atoms with van der Waals surface area (Å²) in [6.45, 7) is 18.4. The largest absolute Gasteiger partial charge is 0.507 e. The van der Waals surface area contributed by atoms with Crippen molar-refractivity contribution in [2.45, 2.75) is 92.8 Å². The zero-order chi connectivity index (χ0) is 50.1. The zero-order valence-electron chi connectivity index (χ0n) is 43.8. The fourth-order valence-electron chi connectivity index (χ4n) is 9.03. The van der Waals surface area contributed by atoms with E-state index < -0.39 is 12.7 Å². The highest BCUT2D eigenvalue weighted by atomic mass is 16.3. The summed E-state index contributed by atoms with van der Waals surface area (Å²) in [6.07, 6.45) is 1.85. The van der Waals surface area contributed by atoms with Gasteiger partial charge in [0.2, 0.25) is 0 Å². The van der Waals surface area contributed by atoms with Gasteiger partial charge in [-0.25, -0.2) is 4.98 Å². The number of phenolic OH excluding ortho intramolecular Hbond substituents is 1. The lowest BCUT2D eigenvalue weighted by atomic mass is 9.83. The summed E-state index contributed by atoms with van der Waals surface area (Å²) in [7, 11) is 0. The summed E-state index contributed by atoms with van der Waals surface area (Å²) in [6, 6.07) is 51.2. The summed E-state index contributed by atoms with van der Waals surface area (Å²) in [5.41, 5.74) is 16.3. The van der Waals surface area contributed by atoms with Crippen LogP contribution in [0.15, 0.2) is 158 Å². The van der Waals surface area contributed by atoms with Crippen LogP contribution < -0.4 is 0 Å². The molecule has 0 aliphatic carbocycles. The van der Waals surface area contributed by atoms with E-state index in [0.717, 1.165) is 72.4 Å². The van der Waals surface area contributed by atoms with Crippen LogP contribution >= 0.6 is 0 Å². The Balaban J connectivity index is 1.33. The van der Waals surface area contributed by atoms with Crippen LogP contribution in [0.5, 0.6) is 5.75 Å². The summed E-state index contributed by atoms with van der Waals surface area (Å²) < 4.78 is 37.5. The van der Waals surface area contributed by atoms with E-state index in [-0.39, 0.29) is 22.1 Å². The number of benzene rings is 7. The normalized spacial score (nSPS) is 13.3. The SMILES string of the molecule is [2H]C([2H])([2H])c1cc(-n2c(-c3cc(C)cc(C)c3O)nc3c(-c4cc(-c5cc(-c6ccc(C([2H])(C)C)cc6)ccn5)cc(C(C)(C)C)c4)cccc32)c(-c2ccc(C(C)(C)C)cc2)cc1-c1ccccc1. The third-order valence-corrected chi connectivity index (χ3v) is 12.9. The van der Waals surface area contributed by atoms with Gasteiger partial charge in [-0.1, -0.05) is 159 Å². The molecule has 0 aliphatic rings. The van der Waals surface area contributed by atoms with E-state index in [0.29, 0.717) is 33.7 Å². The van der Waals surface area contributed by atoms with Crippen molar-refractivity contribution in [3.8, 4) is 78.6 Å². The molecular weight excluding hydrogens is 803 g/mol. The molecule has 0 fully saturated rings. The van der Waals surface area contributed by atoms with Crippen LogP contribution in [0.25, 0.3) is 83.9 Å². The molecule has 2 aromatic heterocycles. The molecule has 0 radical (unpaired) electrons. The van der Waals surface area contributed by atoms with Crippen LogP contribution in [-0.4, -0.2) is 19.6 Å². The fourth-order valence-corrected chi connectivity index (χ4v) is 9.03. The van der Waals surface area contributed by atoms with Gasteiger partial charge in [0.15, 0.2) is 0 Å². The van der Waals surface area contributed by atoms with E-state index in [1.807, 2.05) is 119 Å². The molecule has 4 nitrogen and oxygen atoms in total. The minimum Gasteiger partial charge on any atom is -0.507 e. The Bertz CT molecular complexity index is 3420. The van der Waals surface area contributed by atoms with Crippen molar-refractivity contribution in [3.05, 3.63) is 191 Å². The minimum atomic E-state index is -2.48. The molecule has 1 N–H and O–H groups in total. The number of hydrogen-bond donors (Lipinski definition) is 1. The molecule has 4 heteroatoms. The number of pyridine rings is 1. The molecule has 66 heavy (non-hydrogen) atoms. The van der Waals surface area contributed by atoms with Crippen LogP contribution in [0, 0.1) is 20.7 Å². The Morgan fingerprint density at radius 3 is 1.92 bits per heavy atom. The third-order valence-electron chi connectivity index (χ3n) is 12.9. The lowest BCUT2D eigenvalue weighted by Gasteiger charge is -2.22. The fraction of sp³-hybridized carbons (Fsp3) is 0.226. The van der Waals surface area contributed by atoms with Crippen molar-refractivity contribution < 1.29 is 10.6 Å². The van der Waals surface area contributed by atoms with E-state index in [1.54, 1.807) is 0 Å². The van der Waals surface area contributed by atoms with Gasteiger partial charge in [0, 0.05) is 28.4 Å². The molecule has 9 rings (SSSR count). The number of imidazole rings is 1. The van der Waals surface area contributed by atoms with Crippen molar-refractivity contribution in [3.63, 3.8) is 0 Å². The van der Waals surface area contributed by atoms with Gasteiger partial charge in [-0.15, -0.1) is 0 Å². The Hall–Kier alpha value is -7.04. The van der Waals surface area contributed by atoms with E-state index >= 15 is 0 Å². The first-order chi connectivity index (χ1) is 33.0. The molecule has 0 saturated carbocycles. The monoisotopic (exact) mass is 868 g/mol. The molecule has 0 atom stereocenters. The predicted octanol–water partition coefficient (Wildman–Crippen LogP) is 16.8. The van der Waals surface area contributed by atoms with Crippen molar-refractivity contribution in [2.75, 3.05) is 0 Å². The van der Waals surface area contributed by atoms with Gasteiger partial charge in [0.05, 0.1) is 28.0 Å². The molecule has 7 aromatic carbocycles. The molecule has 0 bridgehead atoms.